The van der Waals surface area contributed by atoms with E-state index in [1.165, 1.54) is 25.7 Å². The number of rotatable bonds is 3. The third kappa shape index (κ3) is 1.64. The van der Waals surface area contributed by atoms with Crippen LogP contribution in [0.3, 0.4) is 0 Å². The van der Waals surface area contributed by atoms with Crippen LogP contribution in [0, 0.1) is 11.8 Å². The van der Waals surface area contributed by atoms with Crippen molar-refractivity contribution in [1.29, 1.82) is 0 Å². The topological polar surface area (TPSA) is 32.3 Å². The van der Waals surface area contributed by atoms with Gasteiger partial charge >= 0.3 is 0 Å². The second-order valence-electron chi connectivity index (χ2n) is 4.40. The second kappa shape index (κ2) is 3.35. The highest BCUT2D eigenvalue weighted by atomic mass is 16.3. The van der Waals surface area contributed by atoms with Crippen molar-refractivity contribution in [2.45, 2.75) is 44.8 Å². The fourth-order valence-corrected chi connectivity index (χ4v) is 2.60. The van der Waals surface area contributed by atoms with E-state index in [0.29, 0.717) is 0 Å². The molecule has 3 atom stereocenters. The van der Waals surface area contributed by atoms with E-state index in [-0.39, 0.29) is 6.10 Å². The van der Waals surface area contributed by atoms with Gasteiger partial charge in [-0.1, -0.05) is 12.8 Å². The first kappa shape index (κ1) is 8.52. The van der Waals surface area contributed by atoms with Crippen molar-refractivity contribution in [2.75, 3.05) is 6.54 Å². The summed E-state index contributed by atoms with van der Waals surface area (Å²) in [6.45, 7) is 2.62. The molecule has 2 aliphatic rings. The minimum absolute atomic E-state index is 0.187. The van der Waals surface area contributed by atoms with Crippen molar-refractivity contribution >= 4 is 0 Å². The van der Waals surface area contributed by atoms with E-state index in [4.69, 9.17) is 5.11 Å². The molecule has 0 aromatic carbocycles. The highest BCUT2D eigenvalue weighted by Crippen LogP contribution is 2.49. The molecule has 0 heterocycles. The van der Waals surface area contributed by atoms with Gasteiger partial charge in [0.25, 0.3) is 0 Å². The third-order valence-corrected chi connectivity index (χ3v) is 3.31. The van der Waals surface area contributed by atoms with Crippen LogP contribution in [0.4, 0.5) is 0 Å². The Balaban J connectivity index is 1.70. The molecule has 0 saturated heterocycles. The van der Waals surface area contributed by atoms with Crippen LogP contribution in [0.2, 0.25) is 0 Å². The number of hydrogen-bond acceptors (Lipinski definition) is 2. The monoisotopic (exact) mass is 169 g/mol. The molecule has 2 fully saturated rings. The Morgan fingerprint density at radius 2 is 1.92 bits per heavy atom. The summed E-state index contributed by atoms with van der Waals surface area (Å²) in [5, 5.41) is 12.5. The molecule has 2 unspecified atom stereocenters. The van der Waals surface area contributed by atoms with E-state index in [2.05, 4.69) is 5.32 Å². The minimum Gasteiger partial charge on any atom is -0.392 e. The zero-order valence-electron chi connectivity index (χ0n) is 7.79. The first-order chi connectivity index (χ1) is 5.79. The van der Waals surface area contributed by atoms with Gasteiger partial charge in [0.1, 0.15) is 0 Å². The van der Waals surface area contributed by atoms with Gasteiger partial charge < -0.3 is 10.4 Å². The van der Waals surface area contributed by atoms with Gasteiger partial charge in [-0.2, -0.15) is 0 Å². The maximum atomic E-state index is 9.10. The summed E-state index contributed by atoms with van der Waals surface area (Å²) in [5.74, 6) is 1.91. The summed E-state index contributed by atoms with van der Waals surface area (Å²) in [7, 11) is 0. The summed E-state index contributed by atoms with van der Waals surface area (Å²) in [4.78, 5) is 0. The van der Waals surface area contributed by atoms with Crippen molar-refractivity contribution in [1.82, 2.24) is 5.32 Å². The average Bonchev–Trinajstić information content (AvgIpc) is 2.74. The lowest BCUT2D eigenvalue weighted by molar-refractivity contribution is 0.189. The van der Waals surface area contributed by atoms with Crippen molar-refractivity contribution in [3.63, 3.8) is 0 Å². The lowest BCUT2D eigenvalue weighted by Gasteiger charge is -2.05. The highest BCUT2D eigenvalue weighted by Gasteiger charge is 2.49. The lowest BCUT2D eigenvalue weighted by Crippen LogP contribution is -2.27. The molecule has 0 spiro atoms. The van der Waals surface area contributed by atoms with Crippen LogP contribution < -0.4 is 5.32 Å². The van der Waals surface area contributed by atoms with Gasteiger partial charge in [0.15, 0.2) is 0 Å². The molecule has 0 aromatic rings. The van der Waals surface area contributed by atoms with Crippen LogP contribution in [-0.4, -0.2) is 23.8 Å². The summed E-state index contributed by atoms with van der Waals surface area (Å²) in [6.07, 6.45) is 5.50. The van der Waals surface area contributed by atoms with E-state index >= 15 is 0 Å². The number of aliphatic hydroxyl groups is 1. The molecule has 2 saturated carbocycles. The van der Waals surface area contributed by atoms with Crippen LogP contribution in [0.1, 0.15) is 32.6 Å². The fraction of sp³-hybridized carbons (Fsp3) is 1.00. The van der Waals surface area contributed by atoms with Crippen LogP contribution >= 0.6 is 0 Å². The molecule has 2 aliphatic carbocycles. The number of nitrogens with one attached hydrogen (secondary N) is 1. The highest BCUT2D eigenvalue weighted by molar-refractivity contribution is 5.04. The van der Waals surface area contributed by atoms with Gasteiger partial charge in [-0.25, -0.2) is 0 Å². The summed E-state index contributed by atoms with van der Waals surface area (Å²) < 4.78 is 0. The fourth-order valence-electron chi connectivity index (χ4n) is 2.60. The third-order valence-electron chi connectivity index (χ3n) is 3.31. The molecule has 2 rings (SSSR count). The number of aliphatic hydroxyl groups excluding tert-OH is 1. The smallest absolute Gasteiger partial charge is 0.0636 e. The maximum absolute atomic E-state index is 9.10. The van der Waals surface area contributed by atoms with Crippen LogP contribution in [-0.2, 0) is 0 Å². The lowest BCUT2D eigenvalue weighted by atomic mass is 10.0. The SMILES string of the molecule is C[C@H](O)CNC1C2CCCCC21. The quantitative estimate of drug-likeness (QED) is 0.664. The van der Waals surface area contributed by atoms with Crippen LogP contribution in [0.25, 0.3) is 0 Å². The summed E-state index contributed by atoms with van der Waals surface area (Å²) in [6, 6.07) is 0.752. The number of hydrogen-bond donors (Lipinski definition) is 2. The van der Waals surface area contributed by atoms with Crippen LogP contribution in [0.15, 0.2) is 0 Å². The largest absolute Gasteiger partial charge is 0.392 e. The Bertz CT molecular complexity index is 146. The molecule has 12 heavy (non-hydrogen) atoms. The Morgan fingerprint density at radius 3 is 2.42 bits per heavy atom. The maximum Gasteiger partial charge on any atom is 0.0636 e. The van der Waals surface area contributed by atoms with E-state index in [1.54, 1.807) is 0 Å². The Kier molecular flexibility index (Phi) is 2.37. The molecule has 0 aliphatic heterocycles. The van der Waals surface area contributed by atoms with Crippen molar-refractivity contribution in [2.24, 2.45) is 11.8 Å². The molecule has 0 amide bonds. The first-order valence-corrected chi connectivity index (χ1v) is 5.20. The van der Waals surface area contributed by atoms with Crippen molar-refractivity contribution in [3.05, 3.63) is 0 Å². The van der Waals surface area contributed by atoms with Crippen molar-refractivity contribution in [3.8, 4) is 0 Å². The van der Waals surface area contributed by atoms with E-state index < -0.39 is 0 Å². The van der Waals surface area contributed by atoms with Gasteiger partial charge in [0.2, 0.25) is 0 Å². The second-order valence-corrected chi connectivity index (χ2v) is 4.40. The van der Waals surface area contributed by atoms with Gasteiger partial charge in [0.05, 0.1) is 6.10 Å². The Hall–Kier alpha value is -0.0800. The molecule has 2 heteroatoms. The molecule has 2 nitrogen and oxygen atoms in total. The summed E-state index contributed by atoms with van der Waals surface area (Å²) >= 11 is 0. The average molecular weight is 169 g/mol. The van der Waals surface area contributed by atoms with Gasteiger partial charge in [-0.3, -0.25) is 0 Å². The van der Waals surface area contributed by atoms with Crippen molar-refractivity contribution < 1.29 is 5.11 Å². The standard InChI is InChI=1S/C10H19NO/c1-7(12)6-11-10-8-4-2-3-5-9(8)10/h7-12H,2-6H2,1H3/t7-,8?,9?,10?/m0/s1. The first-order valence-electron chi connectivity index (χ1n) is 5.20. The van der Waals surface area contributed by atoms with E-state index in [1.807, 2.05) is 6.92 Å². The van der Waals surface area contributed by atoms with Gasteiger partial charge in [-0.15, -0.1) is 0 Å². The Labute approximate surface area is 74.4 Å². The van der Waals surface area contributed by atoms with E-state index in [0.717, 1.165) is 24.4 Å². The van der Waals surface area contributed by atoms with E-state index in [9.17, 15) is 0 Å². The van der Waals surface area contributed by atoms with Gasteiger partial charge in [0, 0.05) is 12.6 Å². The molecule has 0 bridgehead atoms. The molecular weight excluding hydrogens is 150 g/mol. The van der Waals surface area contributed by atoms with Gasteiger partial charge in [-0.05, 0) is 31.6 Å². The molecule has 70 valence electrons. The molecule has 0 aromatic heterocycles. The van der Waals surface area contributed by atoms with Crippen LogP contribution in [0.5, 0.6) is 0 Å². The number of fused-ring (bicyclic) bond motifs is 1. The Morgan fingerprint density at radius 1 is 1.33 bits per heavy atom. The normalized spacial score (nSPS) is 42.0. The zero-order chi connectivity index (χ0) is 8.55. The predicted molar refractivity (Wildman–Crippen MR) is 48.9 cm³/mol. The molecule has 0 radical (unpaired) electrons. The molecular formula is C10H19NO. The molecule has 2 N–H and O–H groups in total. The predicted octanol–water partition coefficient (Wildman–Crippen LogP) is 1.15. The minimum atomic E-state index is -0.187. The zero-order valence-corrected chi connectivity index (χ0v) is 7.79. The summed E-state index contributed by atoms with van der Waals surface area (Å²) in [5.41, 5.74) is 0.